The van der Waals surface area contributed by atoms with Gasteiger partial charge >= 0.3 is 0 Å². The van der Waals surface area contributed by atoms with E-state index in [0.29, 0.717) is 5.56 Å². The van der Waals surface area contributed by atoms with Crippen molar-refractivity contribution in [1.82, 2.24) is 0 Å². The summed E-state index contributed by atoms with van der Waals surface area (Å²) >= 11 is 0. The number of rotatable bonds is 4. The van der Waals surface area contributed by atoms with Crippen molar-refractivity contribution in [3.05, 3.63) is 65.0 Å². The molecule has 5 heteroatoms. The van der Waals surface area contributed by atoms with Gasteiger partial charge in [0.15, 0.2) is 17.4 Å². The van der Waals surface area contributed by atoms with Crippen LogP contribution < -0.4 is 4.74 Å². The number of hydrogen-bond donors (Lipinski definition) is 0. The van der Waals surface area contributed by atoms with E-state index in [1.54, 1.807) is 0 Å². The second-order valence-corrected chi connectivity index (χ2v) is 4.23. The lowest BCUT2D eigenvalue weighted by Crippen LogP contribution is -2.03. The van der Waals surface area contributed by atoms with E-state index in [1.165, 1.54) is 19.1 Å². The largest absolute Gasteiger partial charge is 0.488 e. The molecule has 104 valence electrons. The fourth-order valence-electron chi connectivity index (χ4n) is 1.70. The van der Waals surface area contributed by atoms with Gasteiger partial charge in [-0.25, -0.2) is 13.2 Å². The van der Waals surface area contributed by atoms with Crippen LogP contribution in [0.4, 0.5) is 13.2 Å². The Morgan fingerprint density at radius 3 is 2.45 bits per heavy atom. The van der Waals surface area contributed by atoms with Crippen molar-refractivity contribution in [3.63, 3.8) is 0 Å². The van der Waals surface area contributed by atoms with Gasteiger partial charge < -0.3 is 4.74 Å². The maximum Gasteiger partial charge on any atom is 0.163 e. The van der Waals surface area contributed by atoms with Crippen LogP contribution in [0.3, 0.4) is 0 Å². The molecule has 0 atom stereocenters. The predicted octanol–water partition coefficient (Wildman–Crippen LogP) is 3.89. The fraction of sp³-hybridized carbons (Fsp3) is 0.133. The number of ketones is 1. The van der Waals surface area contributed by atoms with Crippen molar-refractivity contribution in [2.75, 3.05) is 0 Å². The lowest BCUT2D eigenvalue weighted by atomic mass is 10.1. The molecular formula is C15H11F3O2. The van der Waals surface area contributed by atoms with Crippen molar-refractivity contribution in [2.45, 2.75) is 13.5 Å². The van der Waals surface area contributed by atoms with Gasteiger partial charge in [-0.05, 0) is 36.8 Å². The van der Waals surface area contributed by atoms with Gasteiger partial charge in [0.25, 0.3) is 0 Å². The number of benzene rings is 2. The second-order valence-electron chi connectivity index (χ2n) is 4.23. The van der Waals surface area contributed by atoms with E-state index in [-0.39, 0.29) is 23.7 Å². The Bertz CT molecular complexity index is 654. The molecule has 0 saturated carbocycles. The van der Waals surface area contributed by atoms with E-state index in [9.17, 15) is 18.0 Å². The Balaban J connectivity index is 2.20. The van der Waals surface area contributed by atoms with Gasteiger partial charge in [0, 0.05) is 6.07 Å². The van der Waals surface area contributed by atoms with Crippen LogP contribution in [0.5, 0.6) is 5.75 Å². The molecule has 0 aromatic heterocycles. The summed E-state index contributed by atoms with van der Waals surface area (Å²) in [4.78, 5) is 11.4. The van der Waals surface area contributed by atoms with E-state index in [0.717, 1.165) is 24.3 Å². The molecule has 0 amide bonds. The van der Waals surface area contributed by atoms with Gasteiger partial charge in [0.2, 0.25) is 0 Å². The Hall–Kier alpha value is -2.30. The monoisotopic (exact) mass is 280 g/mol. The number of carbonyl (C=O) groups excluding carboxylic acids is 1. The first-order valence-corrected chi connectivity index (χ1v) is 5.84. The van der Waals surface area contributed by atoms with Crippen molar-refractivity contribution in [1.29, 1.82) is 0 Å². The maximum absolute atomic E-state index is 13.2. The van der Waals surface area contributed by atoms with Gasteiger partial charge in [-0.3, -0.25) is 4.79 Å². The Labute approximate surface area is 113 Å². The van der Waals surface area contributed by atoms with E-state index in [4.69, 9.17) is 4.74 Å². The highest BCUT2D eigenvalue weighted by atomic mass is 19.2. The van der Waals surface area contributed by atoms with Crippen LogP contribution in [0.25, 0.3) is 0 Å². The molecule has 0 spiro atoms. The molecule has 0 fully saturated rings. The number of hydrogen-bond acceptors (Lipinski definition) is 2. The van der Waals surface area contributed by atoms with E-state index in [2.05, 4.69) is 0 Å². The third-order valence-electron chi connectivity index (χ3n) is 2.70. The molecule has 2 nitrogen and oxygen atoms in total. The molecule has 20 heavy (non-hydrogen) atoms. The van der Waals surface area contributed by atoms with Gasteiger partial charge in [0.05, 0.1) is 5.56 Å². The molecule has 0 aliphatic rings. The Morgan fingerprint density at radius 2 is 1.80 bits per heavy atom. The average Bonchev–Trinajstić information content (AvgIpc) is 2.40. The standard InChI is InChI=1S/C15H11F3O2/c1-9(19)12-4-3-11(16)7-15(12)20-8-10-2-5-13(17)14(18)6-10/h2-7H,8H2,1H3. The summed E-state index contributed by atoms with van der Waals surface area (Å²) in [5.74, 6) is -2.69. The first-order valence-electron chi connectivity index (χ1n) is 5.84. The van der Waals surface area contributed by atoms with Crippen LogP contribution in [0.2, 0.25) is 0 Å². The molecule has 2 rings (SSSR count). The number of carbonyl (C=O) groups is 1. The van der Waals surface area contributed by atoms with Crippen molar-refractivity contribution < 1.29 is 22.7 Å². The molecular weight excluding hydrogens is 269 g/mol. The van der Waals surface area contributed by atoms with E-state index < -0.39 is 17.5 Å². The quantitative estimate of drug-likeness (QED) is 0.794. The maximum atomic E-state index is 13.2. The molecule has 0 unspecified atom stereocenters. The average molecular weight is 280 g/mol. The first-order chi connectivity index (χ1) is 9.47. The summed E-state index contributed by atoms with van der Waals surface area (Å²) in [6.45, 7) is 1.23. The molecule has 0 saturated heterocycles. The SMILES string of the molecule is CC(=O)c1ccc(F)cc1OCc1ccc(F)c(F)c1. The summed E-state index contributed by atoms with van der Waals surface area (Å²) in [6.07, 6.45) is 0. The molecule has 2 aromatic rings. The molecule has 0 radical (unpaired) electrons. The second kappa shape index (κ2) is 5.77. The topological polar surface area (TPSA) is 26.3 Å². The molecule has 0 heterocycles. The highest BCUT2D eigenvalue weighted by molar-refractivity contribution is 5.96. The first kappa shape index (κ1) is 14.1. The predicted molar refractivity (Wildman–Crippen MR) is 67.1 cm³/mol. The van der Waals surface area contributed by atoms with E-state index in [1.807, 2.05) is 0 Å². The summed E-state index contributed by atoms with van der Waals surface area (Å²) in [5, 5.41) is 0. The fourth-order valence-corrected chi connectivity index (χ4v) is 1.70. The minimum absolute atomic E-state index is 0.0715. The summed E-state index contributed by atoms with van der Waals surface area (Å²) < 4.78 is 44.3. The van der Waals surface area contributed by atoms with Crippen LogP contribution in [0, 0.1) is 17.5 Å². The summed E-state index contributed by atoms with van der Waals surface area (Å²) in [5.41, 5.74) is 0.608. The van der Waals surface area contributed by atoms with Crippen LogP contribution in [-0.2, 0) is 6.61 Å². The van der Waals surface area contributed by atoms with Gasteiger partial charge in [0.1, 0.15) is 18.2 Å². The van der Waals surface area contributed by atoms with Gasteiger partial charge in [-0.15, -0.1) is 0 Å². The smallest absolute Gasteiger partial charge is 0.163 e. The van der Waals surface area contributed by atoms with Crippen LogP contribution in [-0.4, -0.2) is 5.78 Å². The lowest BCUT2D eigenvalue weighted by Gasteiger charge is -2.10. The summed E-state index contributed by atoms with van der Waals surface area (Å²) in [6, 6.07) is 6.87. The Morgan fingerprint density at radius 1 is 1.05 bits per heavy atom. The number of ether oxygens (including phenoxy) is 1. The van der Waals surface area contributed by atoms with Gasteiger partial charge in [-0.2, -0.15) is 0 Å². The molecule has 0 N–H and O–H groups in total. The zero-order valence-electron chi connectivity index (χ0n) is 10.6. The minimum Gasteiger partial charge on any atom is -0.488 e. The van der Waals surface area contributed by atoms with Crippen molar-refractivity contribution >= 4 is 5.78 Å². The lowest BCUT2D eigenvalue weighted by molar-refractivity contribution is 0.101. The van der Waals surface area contributed by atoms with Crippen molar-refractivity contribution in [3.8, 4) is 5.75 Å². The Kier molecular flexibility index (Phi) is 4.08. The van der Waals surface area contributed by atoms with E-state index >= 15 is 0 Å². The molecule has 2 aromatic carbocycles. The molecule has 0 bridgehead atoms. The summed E-state index contributed by atoms with van der Waals surface area (Å²) in [7, 11) is 0. The highest BCUT2D eigenvalue weighted by Gasteiger charge is 2.10. The van der Waals surface area contributed by atoms with Crippen molar-refractivity contribution in [2.24, 2.45) is 0 Å². The molecule has 0 aliphatic carbocycles. The van der Waals surface area contributed by atoms with Crippen LogP contribution >= 0.6 is 0 Å². The van der Waals surface area contributed by atoms with Crippen LogP contribution in [0.15, 0.2) is 36.4 Å². The third kappa shape index (κ3) is 3.17. The third-order valence-corrected chi connectivity index (χ3v) is 2.70. The molecule has 0 aliphatic heterocycles. The number of Topliss-reactive ketones (excluding diaryl/α,β-unsaturated/α-hetero) is 1. The zero-order chi connectivity index (χ0) is 14.7. The highest BCUT2D eigenvalue weighted by Crippen LogP contribution is 2.22. The van der Waals surface area contributed by atoms with Gasteiger partial charge in [-0.1, -0.05) is 6.07 Å². The normalized spacial score (nSPS) is 10.4. The minimum atomic E-state index is -0.989. The van der Waals surface area contributed by atoms with Crippen LogP contribution in [0.1, 0.15) is 22.8 Å². The number of halogens is 3. The zero-order valence-corrected chi connectivity index (χ0v) is 10.6.